The Balaban J connectivity index is 1.60. The van der Waals surface area contributed by atoms with Gasteiger partial charge < -0.3 is 10.6 Å². The number of hydrogen-bond acceptors (Lipinski definition) is 4. The summed E-state index contributed by atoms with van der Waals surface area (Å²) in [5.74, 6) is -0.296. The first-order chi connectivity index (χ1) is 11.6. The third kappa shape index (κ3) is 3.96. The number of carbonyl (C=O) groups is 1. The summed E-state index contributed by atoms with van der Waals surface area (Å²) >= 11 is 0. The van der Waals surface area contributed by atoms with Crippen LogP contribution in [0.25, 0.3) is 0 Å². The van der Waals surface area contributed by atoms with E-state index in [2.05, 4.69) is 10.6 Å². The van der Waals surface area contributed by atoms with Gasteiger partial charge in [-0.2, -0.15) is 4.31 Å². The van der Waals surface area contributed by atoms with Crippen LogP contribution in [-0.4, -0.2) is 50.9 Å². The number of piperidine rings is 1. The minimum absolute atomic E-state index is 0.0309. The van der Waals surface area contributed by atoms with Crippen LogP contribution in [0.2, 0.25) is 0 Å². The predicted molar refractivity (Wildman–Crippen MR) is 92.0 cm³/mol. The van der Waals surface area contributed by atoms with Gasteiger partial charge in [0.25, 0.3) is 0 Å². The Hall–Kier alpha value is -1.44. The SMILES string of the molecule is O=C(NCC1CCCN1)C1CCCN(S(=O)(=O)c2ccccc2)C1. The number of amides is 1. The lowest BCUT2D eigenvalue weighted by Crippen LogP contribution is -2.47. The molecule has 1 aromatic carbocycles. The maximum absolute atomic E-state index is 12.7. The second kappa shape index (κ2) is 7.63. The lowest BCUT2D eigenvalue weighted by Gasteiger charge is -2.31. The van der Waals surface area contributed by atoms with E-state index in [1.165, 1.54) is 4.31 Å². The Morgan fingerprint density at radius 3 is 2.71 bits per heavy atom. The van der Waals surface area contributed by atoms with Crippen LogP contribution in [-0.2, 0) is 14.8 Å². The Kier molecular flexibility index (Phi) is 5.53. The van der Waals surface area contributed by atoms with E-state index in [9.17, 15) is 13.2 Å². The van der Waals surface area contributed by atoms with Gasteiger partial charge in [0, 0.05) is 25.7 Å². The molecule has 132 valence electrons. The molecule has 7 heteroatoms. The molecule has 2 unspecified atom stereocenters. The molecular weight excluding hydrogens is 326 g/mol. The van der Waals surface area contributed by atoms with Gasteiger partial charge in [0.15, 0.2) is 0 Å². The first-order valence-corrected chi connectivity index (χ1v) is 10.1. The molecule has 2 heterocycles. The van der Waals surface area contributed by atoms with Gasteiger partial charge in [-0.1, -0.05) is 18.2 Å². The highest BCUT2D eigenvalue weighted by Crippen LogP contribution is 2.23. The molecule has 2 fully saturated rings. The summed E-state index contributed by atoms with van der Waals surface area (Å²) in [7, 11) is -3.52. The van der Waals surface area contributed by atoms with E-state index in [0.717, 1.165) is 25.8 Å². The van der Waals surface area contributed by atoms with E-state index in [1.54, 1.807) is 30.3 Å². The molecule has 0 aromatic heterocycles. The van der Waals surface area contributed by atoms with Crippen molar-refractivity contribution in [3.05, 3.63) is 30.3 Å². The molecule has 6 nitrogen and oxygen atoms in total. The zero-order chi connectivity index (χ0) is 17.0. The van der Waals surface area contributed by atoms with Crippen molar-refractivity contribution in [2.45, 2.75) is 36.6 Å². The minimum Gasteiger partial charge on any atom is -0.354 e. The van der Waals surface area contributed by atoms with Crippen LogP contribution in [0.3, 0.4) is 0 Å². The molecule has 0 bridgehead atoms. The van der Waals surface area contributed by atoms with E-state index in [1.807, 2.05) is 0 Å². The molecule has 0 spiro atoms. The van der Waals surface area contributed by atoms with Crippen LogP contribution in [0.15, 0.2) is 35.2 Å². The van der Waals surface area contributed by atoms with Gasteiger partial charge in [-0.25, -0.2) is 8.42 Å². The molecule has 2 aliphatic heterocycles. The Labute approximate surface area is 143 Å². The molecular formula is C17H25N3O3S. The highest BCUT2D eigenvalue weighted by atomic mass is 32.2. The summed E-state index contributed by atoms with van der Waals surface area (Å²) in [6.07, 6.45) is 3.68. The van der Waals surface area contributed by atoms with E-state index in [0.29, 0.717) is 30.4 Å². The maximum Gasteiger partial charge on any atom is 0.243 e. The molecule has 2 atom stereocenters. The molecule has 2 aliphatic rings. The molecule has 0 saturated carbocycles. The maximum atomic E-state index is 12.7. The second-order valence-corrected chi connectivity index (χ2v) is 8.49. The van der Waals surface area contributed by atoms with Crippen LogP contribution < -0.4 is 10.6 Å². The molecule has 3 rings (SSSR count). The van der Waals surface area contributed by atoms with Crippen LogP contribution in [0.5, 0.6) is 0 Å². The first-order valence-electron chi connectivity index (χ1n) is 8.63. The third-order valence-corrected chi connectivity index (χ3v) is 6.70. The van der Waals surface area contributed by atoms with Crippen molar-refractivity contribution >= 4 is 15.9 Å². The lowest BCUT2D eigenvalue weighted by molar-refractivity contribution is -0.126. The van der Waals surface area contributed by atoms with Crippen molar-refractivity contribution in [1.82, 2.24) is 14.9 Å². The zero-order valence-corrected chi connectivity index (χ0v) is 14.6. The first kappa shape index (κ1) is 17.4. The molecule has 2 saturated heterocycles. The van der Waals surface area contributed by atoms with Gasteiger partial charge in [-0.3, -0.25) is 4.79 Å². The molecule has 0 aliphatic carbocycles. The molecule has 1 amide bonds. The van der Waals surface area contributed by atoms with Crippen LogP contribution in [0, 0.1) is 5.92 Å². The van der Waals surface area contributed by atoms with Gasteiger partial charge in [0.05, 0.1) is 10.8 Å². The van der Waals surface area contributed by atoms with Crippen LogP contribution in [0.4, 0.5) is 0 Å². The fraction of sp³-hybridized carbons (Fsp3) is 0.588. The van der Waals surface area contributed by atoms with E-state index < -0.39 is 10.0 Å². The van der Waals surface area contributed by atoms with Crippen LogP contribution >= 0.6 is 0 Å². The number of benzene rings is 1. The summed E-state index contributed by atoms with van der Waals surface area (Å²) in [6.45, 7) is 2.38. The number of nitrogens with one attached hydrogen (secondary N) is 2. The van der Waals surface area contributed by atoms with Crippen molar-refractivity contribution in [3.63, 3.8) is 0 Å². The van der Waals surface area contributed by atoms with Crippen molar-refractivity contribution < 1.29 is 13.2 Å². The summed E-state index contributed by atoms with van der Waals surface area (Å²) in [5.41, 5.74) is 0. The Bertz CT molecular complexity index is 657. The number of carbonyl (C=O) groups excluding carboxylic acids is 1. The van der Waals surface area contributed by atoms with Crippen molar-refractivity contribution in [2.75, 3.05) is 26.2 Å². The highest BCUT2D eigenvalue weighted by molar-refractivity contribution is 7.89. The second-order valence-electron chi connectivity index (χ2n) is 6.55. The standard InChI is InChI=1S/C17H25N3O3S/c21-17(19-12-15-7-4-10-18-15)14-6-5-11-20(13-14)24(22,23)16-8-2-1-3-9-16/h1-3,8-9,14-15,18H,4-7,10-13H2,(H,19,21). The Morgan fingerprint density at radius 2 is 2.00 bits per heavy atom. The summed E-state index contributed by atoms with van der Waals surface area (Å²) in [5, 5.41) is 6.33. The van der Waals surface area contributed by atoms with Crippen molar-refractivity contribution in [1.29, 1.82) is 0 Å². The smallest absolute Gasteiger partial charge is 0.243 e. The fourth-order valence-corrected chi connectivity index (χ4v) is 4.96. The lowest BCUT2D eigenvalue weighted by atomic mass is 9.98. The predicted octanol–water partition coefficient (Wildman–Crippen LogP) is 0.956. The van der Waals surface area contributed by atoms with Gasteiger partial charge in [0.1, 0.15) is 0 Å². The van der Waals surface area contributed by atoms with Gasteiger partial charge >= 0.3 is 0 Å². The topological polar surface area (TPSA) is 78.5 Å². The van der Waals surface area contributed by atoms with Crippen LogP contribution in [0.1, 0.15) is 25.7 Å². The van der Waals surface area contributed by atoms with Gasteiger partial charge in [-0.05, 0) is 44.4 Å². The monoisotopic (exact) mass is 351 g/mol. The third-order valence-electron chi connectivity index (χ3n) is 4.82. The largest absolute Gasteiger partial charge is 0.354 e. The number of sulfonamides is 1. The Morgan fingerprint density at radius 1 is 1.21 bits per heavy atom. The zero-order valence-electron chi connectivity index (χ0n) is 13.8. The average Bonchev–Trinajstić information content (AvgIpc) is 3.14. The fourth-order valence-electron chi connectivity index (χ4n) is 3.42. The molecule has 24 heavy (non-hydrogen) atoms. The number of nitrogens with zero attached hydrogens (tertiary/aromatic N) is 1. The summed E-state index contributed by atoms with van der Waals surface area (Å²) < 4.78 is 26.9. The van der Waals surface area contributed by atoms with E-state index in [-0.39, 0.29) is 18.4 Å². The van der Waals surface area contributed by atoms with Gasteiger partial charge in [-0.15, -0.1) is 0 Å². The average molecular weight is 351 g/mol. The molecule has 1 aromatic rings. The number of hydrogen-bond donors (Lipinski definition) is 2. The van der Waals surface area contributed by atoms with E-state index >= 15 is 0 Å². The molecule has 0 radical (unpaired) electrons. The van der Waals surface area contributed by atoms with Gasteiger partial charge in [0.2, 0.25) is 15.9 Å². The minimum atomic E-state index is -3.52. The summed E-state index contributed by atoms with van der Waals surface area (Å²) in [4.78, 5) is 12.7. The molecule has 2 N–H and O–H groups in total. The van der Waals surface area contributed by atoms with Crippen molar-refractivity contribution in [2.24, 2.45) is 5.92 Å². The van der Waals surface area contributed by atoms with Crippen molar-refractivity contribution in [3.8, 4) is 0 Å². The summed E-state index contributed by atoms with van der Waals surface area (Å²) in [6, 6.07) is 8.78. The van der Waals surface area contributed by atoms with E-state index in [4.69, 9.17) is 0 Å². The normalized spacial score (nSPS) is 25.5. The quantitative estimate of drug-likeness (QED) is 0.828. The highest BCUT2D eigenvalue weighted by Gasteiger charge is 2.33. The number of rotatable bonds is 5.